The Hall–Kier alpha value is -3.30. The molecular formula is C25H19NOS. The summed E-state index contributed by atoms with van der Waals surface area (Å²) in [4.78, 5) is 1.26. The van der Waals surface area contributed by atoms with Crippen molar-refractivity contribution in [3.8, 4) is 27.3 Å². The molecule has 0 atom stereocenters. The SMILES string of the molecule is Oc1cccc(-c2ccc(-c3cc4c(s3)NCC(c3ccccc3)=C4)cc2)c1. The molecule has 2 heterocycles. The molecule has 4 aromatic rings. The molecule has 28 heavy (non-hydrogen) atoms. The van der Waals surface area contributed by atoms with Crippen LogP contribution in [0.25, 0.3) is 33.2 Å². The van der Waals surface area contributed by atoms with Gasteiger partial charge in [0.1, 0.15) is 5.75 Å². The molecule has 3 heteroatoms. The molecule has 0 bridgehead atoms. The molecule has 136 valence electrons. The summed E-state index contributed by atoms with van der Waals surface area (Å²) in [6, 6.07) is 28.7. The Morgan fingerprint density at radius 1 is 0.714 bits per heavy atom. The van der Waals surface area contributed by atoms with E-state index in [0.717, 1.165) is 17.7 Å². The summed E-state index contributed by atoms with van der Waals surface area (Å²) in [6.45, 7) is 0.855. The van der Waals surface area contributed by atoms with Crippen molar-refractivity contribution >= 4 is 28.0 Å². The minimum absolute atomic E-state index is 0.291. The molecule has 3 aromatic carbocycles. The number of aromatic hydroxyl groups is 1. The predicted octanol–water partition coefficient (Wildman–Crippen LogP) is 6.75. The van der Waals surface area contributed by atoms with Crippen molar-refractivity contribution in [2.24, 2.45) is 0 Å². The van der Waals surface area contributed by atoms with Crippen LogP contribution in [0.5, 0.6) is 5.75 Å². The quantitative estimate of drug-likeness (QED) is 0.411. The zero-order chi connectivity index (χ0) is 18.9. The van der Waals surface area contributed by atoms with Crippen molar-refractivity contribution in [3.05, 3.63) is 96.1 Å². The molecule has 0 aliphatic carbocycles. The average Bonchev–Trinajstić information content (AvgIpc) is 3.18. The van der Waals surface area contributed by atoms with Crippen LogP contribution >= 0.6 is 11.3 Å². The molecule has 0 saturated carbocycles. The molecule has 2 N–H and O–H groups in total. The van der Waals surface area contributed by atoms with E-state index < -0.39 is 0 Å². The summed E-state index contributed by atoms with van der Waals surface area (Å²) in [5.41, 5.74) is 7.17. The number of benzene rings is 3. The number of thiophene rings is 1. The Bertz CT molecular complexity index is 1160. The summed E-state index contributed by atoms with van der Waals surface area (Å²) in [5.74, 6) is 0.291. The van der Waals surface area contributed by atoms with E-state index in [0.29, 0.717) is 5.75 Å². The van der Waals surface area contributed by atoms with Gasteiger partial charge in [0.25, 0.3) is 0 Å². The normalized spacial score (nSPS) is 12.8. The lowest BCUT2D eigenvalue weighted by Gasteiger charge is -2.15. The van der Waals surface area contributed by atoms with E-state index in [2.05, 4.69) is 72.1 Å². The molecule has 0 spiro atoms. The number of phenols is 1. The van der Waals surface area contributed by atoms with Crippen molar-refractivity contribution in [1.29, 1.82) is 0 Å². The Morgan fingerprint density at radius 2 is 1.46 bits per heavy atom. The van der Waals surface area contributed by atoms with E-state index in [4.69, 9.17) is 0 Å². The third kappa shape index (κ3) is 3.21. The second-order valence-corrected chi connectivity index (χ2v) is 7.96. The van der Waals surface area contributed by atoms with Gasteiger partial charge in [-0.05, 0) is 52.1 Å². The van der Waals surface area contributed by atoms with Crippen LogP contribution in [0.2, 0.25) is 0 Å². The Labute approximate surface area is 168 Å². The molecule has 0 unspecified atom stereocenters. The van der Waals surface area contributed by atoms with Gasteiger partial charge in [0, 0.05) is 17.0 Å². The van der Waals surface area contributed by atoms with E-state index in [1.807, 2.05) is 12.1 Å². The Kier molecular flexibility index (Phi) is 4.22. The number of anilines is 1. The van der Waals surface area contributed by atoms with Crippen LogP contribution in [-0.2, 0) is 0 Å². The van der Waals surface area contributed by atoms with Crippen molar-refractivity contribution in [2.75, 3.05) is 11.9 Å². The maximum atomic E-state index is 9.69. The summed E-state index contributed by atoms with van der Waals surface area (Å²) >= 11 is 1.79. The van der Waals surface area contributed by atoms with Gasteiger partial charge in [-0.1, -0.05) is 66.7 Å². The molecule has 1 aliphatic rings. The fourth-order valence-electron chi connectivity index (χ4n) is 3.56. The molecule has 0 saturated heterocycles. The third-order valence-corrected chi connectivity index (χ3v) is 6.18. The first kappa shape index (κ1) is 16.8. The number of rotatable bonds is 3. The topological polar surface area (TPSA) is 32.3 Å². The van der Waals surface area contributed by atoms with Crippen LogP contribution in [0.4, 0.5) is 5.00 Å². The minimum atomic E-state index is 0.291. The highest BCUT2D eigenvalue weighted by molar-refractivity contribution is 7.19. The highest BCUT2D eigenvalue weighted by Gasteiger charge is 2.15. The van der Waals surface area contributed by atoms with Gasteiger partial charge in [-0.2, -0.15) is 0 Å². The number of hydrogen-bond donors (Lipinski definition) is 2. The smallest absolute Gasteiger partial charge is 0.116 e. The predicted molar refractivity (Wildman–Crippen MR) is 120 cm³/mol. The van der Waals surface area contributed by atoms with Gasteiger partial charge < -0.3 is 10.4 Å². The lowest BCUT2D eigenvalue weighted by Crippen LogP contribution is -2.07. The molecule has 0 radical (unpaired) electrons. The maximum Gasteiger partial charge on any atom is 0.116 e. The molecule has 0 fully saturated rings. The highest BCUT2D eigenvalue weighted by Crippen LogP contribution is 2.40. The number of fused-ring (bicyclic) bond motifs is 1. The van der Waals surface area contributed by atoms with Crippen molar-refractivity contribution in [2.45, 2.75) is 0 Å². The maximum absolute atomic E-state index is 9.69. The van der Waals surface area contributed by atoms with Crippen LogP contribution in [-0.4, -0.2) is 11.7 Å². The summed E-state index contributed by atoms with van der Waals surface area (Å²) in [5, 5.41) is 14.5. The zero-order valence-corrected chi connectivity index (χ0v) is 16.0. The van der Waals surface area contributed by atoms with Gasteiger partial charge in [0.2, 0.25) is 0 Å². The summed E-state index contributed by atoms with van der Waals surface area (Å²) in [7, 11) is 0. The molecule has 2 nitrogen and oxygen atoms in total. The number of nitrogens with one attached hydrogen (secondary N) is 1. The van der Waals surface area contributed by atoms with Crippen LogP contribution in [0.15, 0.2) is 84.9 Å². The Balaban J connectivity index is 1.44. The van der Waals surface area contributed by atoms with Gasteiger partial charge in [-0.25, -0.2) is 0 Å². The summed E-state index contributed by atoms with van der Waals surface area (Å²) in [6.07, 6.45) is 2.29. The second-order valence-electron chi connectivity index (χ2n) is 6.91. The van der Waals surface area contributed by atoms with Crippen LogP contribution in [0.3, 0.4) is 0 Å². The van der Waals surface area contributed by atoms with Gasteiger partial charge >= 0.3 is 0 Å². The van der Waals surface area contributed by atoms with Gasteiger partial charge in [0.05, 0.1) is 5.00 Å². The van der Waals surface area contributed by atoms with E-state index >= 15 is 0 Å². The lowest BCUT2D eigenvalue weighted by molar-refractivity contribution is 0.475. The van der Waals surface area contributed by atoms with E-state index in [9.17, 15) is 5.11 Å². The monoisotopic (exact) mass is 381 g/mol. The number of hydrogen-bond acceptors (Lipinski definition) is 3. The fraction of sp³-hybridized carbons (Fsp3) is 0.0400. The molecular weight excluding hydrogens is 362 g/mol. The molecule has 1 aromatic heterocycles. The van der Waals surface area contributed by atoms with Crippen molar-refractivity contribution in [1.82, 2.24) is 0 Å². The first-order valence-corrected chi connectivity index (χ1v) is 10.1. The van der Waals surface area contributed by atoms with Gasteiger partial charge in [0.15, 0.2) is 0 Å². The van der Waals surface area contributed by atoms with Gasteiger partial charge in [-0.3, -0.25) is 0 Å². The lowest BCUT2D eigenvalue weighted by atomic mass is 10.0. The molecule has 5 rings (SSSR count). The van der Waals surface area contributed by atoms with Crippen molar-refractivity contribution < 1.29 is 5.11 Å². The Morgan fingerprint density at radius 3 is 2.25 bits per heavy atom. The highest BCUT2D eigenvalue weighted by atomic mass is 32.1. The van der Waals surface area contributed by atoms with Crippen LogP contribution in [0.1, 0.15) is 11.1 Å². The van der Waals surface area contributed by atoms with Crippen LogP contribution < -0.4 is 5.32 Å². The number of phenolic OH excluding ortho intramolecular Hbond substituents is 1. The average molecular weight is 382 g/mol. The largest absolute Gasteiger partial charge is 0.508 e. The van der Waals surface area contributed by atoms with E-state index in [1.165, 1.54) is 32.1 Å². The van der Waals surface area contributed by atoms with Crippen molar-refractivity contribution in [3.63, 3.8) is 0 Å². The fourth-order valence-corrected chi connectivity index (χ4v) is 4.60. The first-order valence-electron chi connectivity index (χ1n) is 9.30. The van der Waals surface area contributed by atoms with Gasteiger partial charge in [-0.15, -0.1) is 11.3 Å². The van der Waals surface area contributed by atoms with E-state index in [1.54, 1.807) is 23.5 Å². The second kappa shape index (κ2) is 7.02. The van der Waals surface area contributed by atoms with Crippen LogP contribution in [0, 0.1) is 0 Å². The molecule has 1 aliphatic heterocycles. The first-order chi connectivity index (χ1) is 13.8. The summed E-state index contributed by atoms with van der Waals surface area (Å²) < 4.78 is 0. The van der Waals surface area contributed by atoms with E-state index in [-0.39, 0.29) is 0 Å². The molecule has 0 amide bonds. The minimum Gasteiger partial charge on any atom is -0.508 e. The zero-order valence-electron chi connectivity index (χ0n) is 15.2. The third-order valence-electron chi connectivity index (χ3n) is 5.02. The standard InChI is InChI=1S/C25H19NOS/c27-23-8-4-7-20(14-23)18-9-11-19(12-10-18)24-15-21-13-22(16-26-25(21)28-24)17-5-2-1-3-6-17/h1-15,26-27H,16H2.